The Morgan fingerprint density at radius 2 is 2.14 bits per heavy atom. The summed E-state index contributed by atoms with van der Waals surface area (Å²) in [6.45, 7) is 4.23. The molecule has 0 saturated heterocycles. The largest absolute Gasteiger partial charge is 0.271 e. The van der Waals surface area contributed by atoms with Crippen molar-refractivity contribution in [1.29, 1.82) is 0 Å². The maximum Gasteiger partial charge on any atom is 0.123 e. The van der Waals surface area contributed by atoms with Gasteiger partial charge in [-0.2, -0.15) is 0 Å². The van der Waals surface area contributed by atoms with Crippen LogP contribution in [0.1, 0.15) is 31.9 Å². The van der Waals surface area contributed by atoms with Crippen molar-refractivity contribution in [3.8, 4) is 0 Å². The molecule has 1 aromatic carbocycles. The van der Waals surface area contributed by atoms with Crippen molar-refractivity contribution in [3.63, 3.8) is 0 Å². The van der Waals surface area contributed by atoms with Crippen LogP contribution in [-0.2, 0) is 0 Å². The lowest BCUT2D eigenvalue weighted by molar-refractivity contribution is 0.436. The van der Waals surface area contributed by atoms with Gasteiger partial charge in [-0.15, -0.1) is 0 Å². The summed E-state index contributed by atoms with van der Waals surface area (Å²) >= 11 is 0. The minimum Gasteiger partial charge on any atom is -0.271 e. The van der Waals surface area contributed by atoms with E-state index in [1.165, 1.54) is 12.1 Å². The van der Waals surface area contributed by atoms with Gasteiger partial charge in [0.05, 0.1) is 0 Å². The van der Waals surface area contributed by atoms with E-state index in [0.717, 1.165) is 12.0 Å². The molecule has 0 aliphatic rings. The second kappa shape index (κ2) is 5.08. The van der Waals surface area contributed by atoms with E-state index in [1.807, 2.05) is 6.07 Å². The molecule has 0 aliphatic heterocycles. The Labute approximate surface area is 84.3 Å². The Kier molecular flexibility index (Phi) is 4.04. The van der Waals surface area contributed by atoms with E-state index in [-0.39, 0.29) is 11.9 Å². The third-order valence-corrected chi connectivity index (χ3v) is 2.16. The van der Waals surface area contributed by atoms with Gasteiger partial charge in [0.1, 0.15) is 5.82 Å². The average molecular weight is 196 g/mol. The van der Waals surface area contributed by atoms with Gasteiger partial charge in [-0.1, -0.05) is 26.0 Å². The third-order valence-electron chi connectivity index (χ3n) is 2.16. The summed E-state index contributed by atoms with van der Waals surface area (Å²) in [6.07, 6.45) is 0.903. The predicted molar refractivity (Wildman–Crippen MR) is 55.9 cm³/mol. The first-order valence-corrected chi connectivity index (χ1v) is 4.85. The van der Waals surface area contributed by atoms with Crippen LogP contribution in [0.2, 0.25) is 0 Å². The van der Waals surface area contributed by atoms with Crippen LogP contribution in [0.5, 0.6) is 0 Å². The number of benzene rings is 1. The van der Waals surface area contributed by atoms with Crippen molar-refractivity contribution < 1.29 is 4.39 Å². The highest BCUT2D eigenvalue weighted by Crippen LogP contribution is 2.20. The number of hydrogen-bond donors (Lipinski definition) is 2. The number of hydrazine groups is 1. The van der Waals surface area contributed by atoms with Crippen LogP contribution in [0.25, 0.3) is 0 Å². The summed E-state index contributed by atoms with van der Waals surface area (Å²) in [4.78, 5) is 0. The quantitative estimate of drug-likeness (QED) is 0.573. The molecule has 14 heavy (non-hydrogen) atoms. The van der Waals surface area contributed by atoms with Gasteiger partial charge in [0.15, 0.2) is 0 Å². The van der Waals surface area contributed by atoms with Gasteiger partial charge in [0.2, 0.25) is 0 Å². The van der Waals surface area contributed by atoms with E-state index in [4.69, 9.17) is 5.84 Å². The molecule has 78 valence electrons. The first-order chi connectivity index (χ1) is 6.63. The monoisotopic (exact) mass is 196 g/mol. The molecule has 0 saturated carbocycles. The minimum atomic E-state index is -0.216. The highest BCUT2D eigenvalue weighted by molar-refractivity contribution is 5.19. The molecular formula is C11H17FN2. The smallest absolute Gasteiger partial charge is 0.123 e. The van der Waals surface area contributed by atoms with Crippen LogP contribution in [-0.4, -0.2) is 0 Å². The Hall–Kier alpha value is -0.930. The highest BCUT2D eigenvalue weighted by atomic mass is 19.1. The van der Waals surface area contributed by atoms with Gasteiger partial charge in [-0.3, -0.25) is 11.3 Å². The first-order valence-electron chi connectivity index (χ1n) is 4.85. The first kappa shape index (κ1) is 11.1. The highest BCUT2D eigenvalue weighted by Gasteiger charge is 2.11. The number of nitrogens with one attached hydrogen (secondary N) is 1. The molecule has 3 heteroatoms. The Bertz CT molecular complexity index is 286. The Morgan fingerprint density at radius 3 is 2.64 bits per heavy atom. The fraction of sp³-hybridized carbons (Fsp3) is 0.455. The van der Waals surface area contributed by atoms with Crippen molar-refractivity contribution in [1.82, 2.24) is 5.43 Å². The Balaban J connectivity index is 2.78. The topological polar surface area (TPSA) is 38.0 Å². The summed E-state index contributed by atoms with van der Waals surface area (Å²) < 4.78 is 12.9. The van der Waals surface area contributed by atoms with E-state index in [0.29, 0.717) is 5.92 Å². The van der Waals surface area contributed by atoms with Crippen LogP contribution in [0, 0.1) is 11.7 Å². The zero-order chi connectivity index (χ0) is 10.6. The average Bonchev–Trinajstić information content (AvgIpc) is 2.14. The van der Waals surface area contributed by atoms with Crippen LogP contribution < -0.4 is 11.3 Å². The van der Waals surface area contributed by atoms with Crippen molar-refractivity contribution in [2.75, 3.05) is 0 Å². The fourth-order valence-electron chi connectivity index (χ4n) is 1.50. The summed E-state index contributed by atoms with van der Waals surface area (Å²) in [6, 6.07) is 6.58. The molecule has 1 unspecified atom stereocenters. The van der Waals surface area contributed by atoms with Gasteiger partial charge in [-0.25, -0.2) is 4.39 Å². The second-order valence-electron chi connectivity index (χ2n) is 3.90. The van der Waals surface area contributed by atoms with Crippen molar-refractivity contribution in [2.45, 2.75) is 26.3 Å². The molecule has 0 spiro atoms. The van der Waals surface area contributed by atoms with Crippen molar-refractivity contribution in [2.24, 2.45) is 11.8 Å². The van der Waals surface area contributed by atoms with Crippen molar-refractivity contribution >= 4 is 0 Å². The van der Waals surface area contributed by atoms with E-state index in [2.05, 4.69) is 19.3 Å². The summed E-state index contributed by atoms with van der Waals surface area (Å²) in [5.41, 5.74) is 3.61. The molecule has 0 aromatic heterocycles. The molecule has 1 aromatic rings. The predicted octanol–water partition coefficient (Wildman–Crippen LogP) is 2.38. The van der Waals surface area contributed by atoms with Gasteiger partial charge < -0.3 is 0 Å². The summed E-state index contributed by atoms with van der Waals surface area (Å²) in [7, 11) is 0. The molecule has 3 N–H and O–H groups in total. The maximum absolute atomic E-state index is 12.9. The van der Waals surface area contributed by atoms with E-state index in [9.17, 15) is 4.39 Å². The number of nitrogens with two attached hydrogens (primary N) is 1. The summed E-state index contributed by atoms with van der Waals surface area (Å²) in [5.74, 6) is 5.74. The molecular weight excluding hydrogens is 179 g/mol. The normalized spacial score (nSPS) is 13.2. The molecule has 0 radical (unpaired) electrons. The van der Waals surface area contributed by atoms with E-state index >= 15 is 0 Å². The van der Waals surface area contributed by atoms with Crippen molar-refractivity contribution in [3.05, 3.63) is 35.6 Å². The summed E-state index contributed by atoms with van der Waals surface area (Å²) in [5, 5.41) is 0. The van der Waals surface area contributed by atoms with Crippen LogP contribution >= 0.6 is 0 Å². The number of rotatable bonds is 4. The standard InChI is InChI=1S/C11H17FN2/c1-8(2)6-11(14-13)9-4-3-5-10(12)7-9/h3-5,7-8,11,14H,6,13H2,1-2H3. The molecule has 0 amide bonds. The van der Waals surface area contributed by atoms with Crippen LogP contribution in [0.4, 0.5) is 4.39 Å². The lowest BCUT2D eigenvalue weighted by atomic mass is 9.97. The zero-order valence-electron chi connectivity index (χ0n) is 8.63. The molecule has 0 bridgehead atoms. The van der Waals surface area contributed by atoms with Gasteiger partial charge in [-0.05, 0) is 30.0 Å². The molecule has 0 heterocycles. The van der Waals surface area contributed by atoms with Crippen LogP contribution in [0.15, 0.2) is 24.3 Å². The molecule has 1 rings (SSSR count). The number of hydrogen-bond acceptors (Lipinski definition) is 2. The molecule has 2 nitrogen and oxygen atoms in total. The van der Waals surface area contributed by atoms with Gasteiger partial charge in [0, 0.05) is 6.04 Å². The van der Waals surface area contributed by atoms with Gasteiger partial charge >= 0.3 is 0 Å². The van der Waals surface area contributed by atoms with E-state index < -0.39 is 0 Å². The molecule has 1 atom stereocenters. The lowest BCUT2D eigenvalue weighted by Gasteiger charge is -2.18. The SMILES string of the molecule is CC(C)CC(NN)c1cccc(F)c1. The zero-order valence-corrected chi connectivity index (χ0v) is 8.63. The molecule has 0 fully saturated rings. The number of halogens is 1. The van der Waals surface area contributed by atoms with Crippen LogP contribution in [0.3, 0.4) is 0 Å². The second-order valence-corrected chi connectivity index (χ2v) is 3.90. The maximum atomic E-state index is 12.9. The third kappa shape index (κ3) is 3.09. The fourth-order valence-corrected chi connectivity index (χ4v) is 1.50. The Morgan fingerprint density at radius 1 is 1.43 bits per heavy atom. The minimum absolute atomic E-state index is 0.0331. The molecule has 0 aliphatic carbocycles. The van der Waals surface area contributed by atoms with Gasteiger partial charge in [0.25, 0.3) is 0 Å². The lowest BCUT2D eigenvalue weighted by Crippen LogP contribution is -2.29. The van der Waals surface area contributed by atoms with E-state index in [1.54, 1.807) is 6.07 Å².